The highest BCUT2D eigenvalue weighted by molar-refractivity contribution is 9.09. The van der Waals surface area contributed by atoms with Crippen LogP contribution in [0.2, 0.25) is 0 Å². The molecule has 0 bridgehead atoms. The molecule has 0 aromatic carbocycles. The van der Waals surface area contributed by atoms with E-state index < -0.39 is 0 Å². The van der Waals surface area contributed by atoms with Gasteiger partial charge in [0.25, 0.3) is 5.91 Å². The lowest BCUT2D eigenvalue weighted by molar-refractivity contribution is -0.117. The zero-order chi connectivity index (χ0) is 13.1. The molecule has 6 heteroatoms. The summed E-state index contributed by atoms with van der Waals surface area (Å²) < 4.78 is 0. The number of anilines is 1. The minimum atomic E-state index is -0.229. The number of carbonyl (C=O) groups is 2. The van der Waals surface area contributed by atoms with E-state index in [1.165, 1.54) is 0 Å². The van der Waals surface area contributed by atoms with Crippen molar-refractivity contribution in [3.05, 3.63) is 23.9 Å². The van der Waals surface area contributed by atoms with Crippen LogP contribution in [-0.4, -0.2) is 35.7 Å². The molecule has 1 unspecified atom stereocenters. The number of pyridine rings is 1. The number of alkyl halides is 1. The van der Waals surface area contributed by atoms with E-state index in [1.807, 2.05) is 0 Å². The number of carbonyl (C=O) groups excluding carboxylic acids is 2. The summed E-state index contributed by atoms with van der Waals surface area (Å²) in [5.41, 5.74) is 0.434. The highest BCUT2D eigenvalue weighted by atomic mass is 79.9. The number of rotatable bonds is 3. The van der Waals surface area contributed by atoms with Crippen molar-refractivity contribution in [3.63, 3.8) is 0 Å². The smallest absolute Gasteiger partial charge is 0.254 e. The first-order valence-electron chi connectivity index (χ1n) is 5.70. The lowest BCUT2D eigenvalue weighted by atomic mass is 10.2. The van der Waals surface area contributed by atoms with Gasteiger partial charge < -0.3 is 5.32 Å². The summed E-state index contributed by atoms with van der Waals surface area (Å²) in [6.07, 6.45) is 2.09. The molecule has 1 fully saturated rings. The number of nitrogens with one attached hydrogen (secondary N) is 1. The number of halogens is 1. The predicted molar refractivity (Wildman–Crippen MR) is 71.9 cm³/mol. The average Bonchev–Trinajstić information content (AvgIpc) is 2.79. The first kappa shape index (κ1) is 13.0. The topological polar surface area (TPSA) is 62.3 Å². The molecule has 96 valence electrons. The molecule has 0 radical (unpaired) electrons. The van der Waals surface area contributed by atoms with Gasteiger partial charge in [-0.3, -0.25) is 14.5 Å². The third kappa shape index (κ3) is 2.38. The Hall–Kier alpha value is -1.43. The Bertz CT molecular complexity index is 478. The Morgan fingerprint density at radius 2 is 2.44 bits per heavy atom. The van der Waals surface area contributed by atoms with Crippen LogP contribution < -0.4 is 10.2 Å². The SMILES string of the molecule is CNC(=O)c1cccnc1N1CC(CBr)CC1=O. The molecule has 1 N–H and O–H groups in total. The second-order valence-corrected chi connectivity index (χ2v) is 4.83. The van der Waals surface area contributed by atoms with Crippen LogP contribution in [-0.2, 0) is 4.79 Å². The van der Waals surface area contributed by atoms with E-state index in [2.05, 4.69) is 26.2 Å². The van der Waals surface area contributed by atoms with Gasteiger partial charge in [0, 0.05) is 31.5 Å². The quantitative estimate of drug-likeness (QED) is 0.853. The second-order valence-electron chi connectivity index (χ2n) is 4.18. The van der Waals surface area contributed by atoms with E-state index in [1.54, 1.807) is 30.3 Å². The number of hydrogen-bond acceptors (Lipinski definition) is 3. The van der Waals surface area contributed by atoms with Crippen molar-refractivity contribution >= 4 is 33.6 Å². The van der Waals surface area contributed by atoms with E-state index in [9.17, 15) is 9.59 Å². The van der Waals surface area contributed by atoms with Crippen LogP contribution in [0, 0.1) is 5.92 Å². The maximum Gasteiger partial charge on any atom is 0.254 e. The van der Waals surface area contributed by atoms with Gasteiger partial charge in [0.2, 0.25) is 5.91 Å². The Morgan fingerprint density at radius 3 is 3.06 bits per heavy atom. The molecule has 1 aliphatic rings. The maximum atomic E-state index is 11.9. The molecule has 0 spiro atoms. The molecule has 1 aromatic rings. The Balaban J connectivity index is 2.34. The van der Waals surface area contributed by atoms with Crippen molar-refractivity contribution in [1.29, 1.82) is 0 Å². The fraction of sp³-hybridized carbons (Fsp3) is 0.417. The van der Waals surface area contributed by atoms with E-state index >= 15 is 0 Å². The monoisotopic (exact) mass is 311 g/mol. The largest absolute Gasteiger partial charge is 0.355 e. The molecule has 2 amide bonds. The lowest BCUT2D eigenvalue weighted by Gasteiger charge is -2.18. The molecule has 0 aliphatic carbocycles. The molecule has 2 heterocycles. The molecule has 1 aromatic heterocycles. The molecule has 1 aliphatic heterocycles. The second kappa shape index (κ2) is 5.48. The van der Waals surface area contributed by atoms with Gasteiger partial charge in [-0.1, -0.05) is 15.9 Å². The first-order chi connectivity index (χ1) is 8.67. The molecule has 0 saturated carbocycles. The van der Waals surface area contributed by atoms with Gasteiger partial charge in [-0.05, 0) is 18.1 Å². The van der Waals surface area contributed by atoms with Gasteiger partial charge >= 0.3 is 0 Å². The van der Waals surface area contributed by atoms with Gasteiger partial charge in [0.15, 0.2) is 0 Å². The van der Waals surface area contributed by atoms with Crippen molar-refractivity contribution in [2.24, 2.45) is 5.92 Å². The van der Waals surface area contributed by atoms with E-state index in [-0.39, 0.29) is 17.7 Å². The third-order valence-corrected chi connectivity index (χ3v) is 3.85. The van der Waals surface area contributed by atoms with Crippen molar-refractivity contribution in [2.75, 3.05) is 23.8 Å². The number of nitrogens with zero attached hydrogens (tertiary/aromatic N) is 2. The summed E-state index contributed by atoms with van der Waals surface area (Å²) in [7, 11) is 1.56. The highest BCUT2D eigenvalue weighted by Crippen LogP contribution is 2.26. The fourth-order valence-corrected chi connectivity index (χ4v) is 2.45. The number of aromatic nitrogens is 1. The van der Waals surface area contributed by atoms with Gasteiger partial charge in [-0.2, -0.15) is 0 Å². The third-order valence-electron chi connectivity index (χ3n) is 2.94. The molecular formula is C12H14BrN3O2. The molecule has 1 atom stereocenters. The predicted octanol–water partition coefficient (Wildman–Crippen LogP) is 1.19. The Labute approximate surface area is 114 Å². The summed E-state index contributed by atoms with van der Waals surface area (Å²) in [5.74, 6) is 0.513. The summed E-state index contributed by atoms with van der Waals surface area (Å²) in [5, 5.41) is 3.33. The van der Waals surface area contributed by atoms with Crippen LogP contribution in [0.4, 0.5) is 5.82 Å². The van der Waals surface area contributed by atoms with Crippen LogP contribution in [0.25, 0.3) is 0 Å². The van der Waals surface area contributed by atoms with Gasteiger partial charge in [-0.25, -0.2) is 4.98 Å². The Morgan fingerprint density at radius 1 is 1.67 bits per heavy atom. The Kier molecular flexibility index (Phi) is 3.96. The zero-order valence-corrected chi connectivity index (χ0v) is 11.6. The van der Waals surface area contributed by atoms with Crippen LogP contribution in [0.1, 0.15) is 16.8 Å². The van der Waals surface area contributed by atoms with Gasteiger partial charge in [-0.15, -0.1) is 0 Å². The standard InChI is InChI=1S/C12H14BrN3O2/c1-14-12(18)9-3-2-4-15-11(9)16-7-8(6-13)5-10(16)17/h2-4,8H,5-7H2,1H3,(H,14,18). The molecule has 5 nitrogen and oxygen atoms in total. The summed E-state index contributed by atoms with van der Waals surface area (Å²) in [4.78, 5) is 29.5. The van der Waals surface area contributed by atoms with E-state index in [0.717, 1.165) is 5.33 Å². The van der Waals surface area contributed by atoms with Crippen molar-refractivity contribution in [1.82, 2.24) is 10.3 Å². The average molecular weight is 312 g/mol. The van der Waals surface area contributed by atoms with Gasteiger partial charge in [0.05, 0.1) is 5.56 Å². The lowest BCUT2D eigenvalue weighted by Crippen LogP contribution is -2.29. The zero-order valence-electron chi connectivity index (χ0n) is 10.0. The number of amides is 2. The summed E-state index contributed by atoms with van der Waals surface area (Å²) in [6.45, 7) is 0.602. The first-order valence-corrected chi connectivity index (χ1v) is 6.83. The molecule has 1 saturated heterocycles. The fourth-order valence-electron chi connectivity index (χ4n) is 2.01. The van der Waals surface area contributed by atoms with Gasteiger partial charge in [0.1, 0.15) is 5.82 Å². The van der Waals surface area contributed by atoms with Crippen LogP contribution >= 0.6 is 15.9 Å². The minimum Gasteiger partial charge on any atom is -0.355 e. The minimum absolute atomic E-state index is 0.0169. The van der Waals surface area contributed by atoms with Crippen molar-refractivity contribution in [2.45, 2.75) is 6.42 Å². The highest BCUT2D eigenvalue weighted by Gasteiger charge is 2.32. The van der Waals surface area contributed by atoms with Crippen LogP contribution in [0.3, 0.4) is 0 Å². The maximum absolute atomic E-state index is 11.9. The van der Waals surface area contributed by atoms with Crippen LogP contribution in [0.15, 0.2) is 18.3 Å². The van der Waals surface area contributed by atoms with E-state index in [0.29, 0.717) is 24.3 Å². The van der Waals surface area contributed by atoms with Crippen molar-refractivity contribution < 1.29 is 9.59 Å². The number of hydrogen-bond donors (Lipinski definition) is 1. The molecular weight excluding hydrogens is 298 g/mol. The molecule has 2 rings (SSSR count). The van der Waals surface area contributed by atoms with Crippen molar-refractivity contribution in [3.8, 4) is 0 Å². The normalized spacial score (nSPS) is 19.1. The summed E-state index contributed by atoms with van der Waals surface area (Å²) in [6, 6.07) is 3.37. The summed E-state index contributed by atoms with van der Waals surface area (Å²) >= 11 is 3.39. The van der Waals surface area contributed by atoms with E-state index in [4.69, 9.17) is 0 Å². The molecule has 18 heavy (non-hydrogen) atoms. The van der Waals surface area contributed by atoms with Crippen LogP contribution in [0.5, 0.6) is 0 Å².